The Kier molecular flexibility index (Phi) is 4.60. The Morgan fingerprint density at radius 1 is 1.58 bits per heavy atom. The van der Waals surface area contributed by atoms with Gasteiger partial charge < -0.3 is 9.84 Å². The van der Waals surface area contributed by atoms with E-state index in [-0.39, 0.29) is 12.0 Å². The van der Waals surface area contributed by atoms with Crippen LogP contribution in [0.1, 0.15) is 17.5 Å². The number of methoxy groups -OCH3 is 1. The molecule has 0 bridgehead atoms. The maximum Gasteiger partial charge on any atom is 0.323 e. The fourth-order valence-corrected chi connectivity index (χ4v) is 2.97. The van der Waals surface area contributed by atoms with E-state index in [9.17, 15) is 9.90 Å². The van der Waals surface area contributed by atoms with Crippen molar-refractivity contribution in [2.24, 2.45) is 0 Å². The summed E-state index contributed by atoms with van der Waals surface area (Å²) in [6, 6.07) is 5.73. The Bertz CT molecular complexity index is 478. The molecular weight excluding hydrogens is 310 g/mol. The van der Waals surface area contributed by atoms with Gasteiger partial charge in [-0.25, -0.2) is 0 Å². The van der Waals surface area contributed by atoms with E-state index in [1.54, 1.807) is 0 Å². The van der Waals surface area contributed by atoms with Crippen molar-refractivity contribution in [3.8, 4) is 0 Å². The van der Waals surface area contributed by atoms with Gasteiger partial charge >= 0.3 is 5.97 Å². The Morgan fingerprint density at radius 3 is 2.95 bits per heavy atom. The van der Waals surface area contributed by atoms with Gasteiger partial charge in [-0.1, -0.05) is 22.0 Å². The number of aliphatic hydroxyl groups excluding tert-OH is 1. The smallest absolute Gasteiger partial charge is 0.323 e. The molecule has 1 N–H and O–H groups in total. The van der Waals surface area contributed by atoms with Gasteiger partial charge in [0, 0.05) is 24.0 Å². The molecule has 0 spiro atoms. The van der Waals surface area contributed by atoms with E-state index in [0.29, 0.717) is 19.5 Å². The maximum atomic E-state index is 11.7. The van der Waals surface area contributed by atoms with Gasteiger partial charge in [0.25, 0.3) is 0 Å². The summed E-state index contributed by atoms with van der Waals surface area (Å²) in [5, 5.41) is 9.75. The molecule has 1 aliphatic heterocycles. The third kappa shape index (κ3) is 3.35. The number of aryl methyl sites for hydroxylation is 1. The summed E-state index contributed by atoms with van der Waals surface area (Å²) < 4.78 is 5.84. The predicted molar refractivity (Wildman–Crippen MR) is 75.7 cm³/mol. The van der Waals surface area contributed by atoms with Crippen LogP contribution in [0.2, 0.25) is 0 Å². The third-order valence-corrected chi connectivity index (χ3v) is 4.03. The number of aliphatic hydroxyl groups is 1. The van der Waals surface area contributed by atoms with Gasteiger partial charge in [0.2, 0.25) is 0 Å². The lowest BCUT2D eigenvalue weighted by Crippen LogP contribution is -2.36. The van der Waals surface area contributed by atoms with Crippen molar-refractivity contribution in [3.63, 3.8) is 0 Å². The number of halogens is 1. The van der Waals surface area contributed by atoms with Crippen LogP contribution in [0.4, 0.5) is 0 Å². The summed E-state index contributed by atoms with van der Waals surface area (Å²) in [5.74, 6) is -0.272. The Morgan fingerprint density at radius 2 is 2.32 bits per heavy atom. The molecule has 0 aromatic heterocycles. The minimum Gasteiger partial charge on any atom is -0.468 e. The molecule has 19 heavy (non-hydrogen) atoms. The summed E-state index contributed by atoms with van der Waals surface area (Å²) in [6.45, 7) is 3.20. The lowest BCUT2D eigenvalue weighted by molar-refractivity contribution is -0.146. The van der Waals surface area contributed by atoms with Gasteiger partial charge in [-0.05, 0) is 30.2 Å². The summed E-state index contributed by atoms with van der Waals surface area (Å²) in [5.41, 5.74) is 2.32. The van der Waals surface area contributed by atoms with E-state index < -0.39 is 6.10 Å². The molecule has 1 aromatic rings. The highest BCUT2D eigenvalue weighted by atomic mass is 79.9. The average molecular weight is 328 g/mol. The van der Waals surface area contributed by atoms with Gasteiger partial charge in [0.15, 0.2) is 0 Å². The van der Waals surface area contributed by atoms with Crippen molar-refractivity contribution in [2.45, 2.75) is 32.0 Å². The molecule has 2 atom stereocenters. The van der Waals surface area contributed by atoms with Crippen LogP contribution >= 0.6 is 15.9 Å². The lowest BCUT2D eigenvalue weighted by Gasteiger charge is -2.22. The van der Waals surface area contributed by atoms with Gasteiger partial charge in [-0.3, -0.25) is 9.69 Å². The Labute approximate surface area is 121 Å². The highest BCUT2D eigenvalue weighted by Gasteiger charge is 2.36. The molecule has 1 heterocycles. The van der Waals surface area contributed by atoms with Gasteiger partial charge in [0.05, 0.1) is 13.2 Å². The second kappa shape index (κ2) is 6.03. The maximum absolute atomic E-state index is 11.7. The molecule has 1 saturated heterocycles. The zero-order chi connectivity index (χ0) is 14.0. The highest BCUT2D eigenvalue weighted by molar-refractivity contribution is 9.10. The van der Waals surface area contributed by atoms with E-state index in [0.717, 1.165) is 10.0 Å². The molecule has 0 saturated carbocycles. The minimum absolute atomic E-state index is 0.272. The van der Waals surface area contributed by atoms with Crippen LogP contribution in [-0.2, 0) is 16.1 Å². The summed E-state index contributed by atoms with van der Waals surface area (Å²) in [7, 11) is 1.39. The van der Waals surface area contributed by atoms with Crippen molar-refractivity contribution in [3.05, 3.63) is 33.8 Å². The Balaban J connectivity index is 2.14. The molecule has 1 fully saturated rings. The number of esters is 1. The summed E-state index contributed by atoms with van der Waals surface area (Å²) in [4.78, 5) is 13.7. The predicted octanol–water partition coefficient (Wildman–Crippen LogP) is 1.87. The summed E-state index contributed by atoms with van der Waals surface area (Å²) in [6.07, 6.45) is -0.0118. The molecule has 2 rings (SSSR count). The first-order valence-corrected chi connectivity index (χ1v) is 7.05. The standard InChI is InChI=1S/C14H18BrNO3/c1-9-5-11(15)4-3-10(9)7-16-8-12(17)6-13(16)14(18)19-2/h3-5,12-13,17H,6-8H2,1-2H3/t12-,13+/m1/s1. The van der Waals surface area contributed by atoms with Gasteiger partial charge in [0.1, 0.15) is 6.04 Å². The molecule has 1 aromatic carbocycles. The first kappa shape index (κ1) is 14.5. The van der Waals surface area contributed by atoms with Crippen LogP contribution in [0, 0.1) is 6.92 Å². The molecule has 104 valence electrons. The second-order valence-corrected chi connectivity index (χ2v) is 5.84. The van der Waals surface area contributed by atoms with E-state index >= 15 is 0 Å². The average Bonchev–Trinajstić information content (AvgIpc) is 2.73. The van der Waals surface area contributed by atoms with Gasteiger partial charge in [-0.15, -0.1) is 0 Å². The van der Waals surface area contributed by atoms with E-state index in [1.807, 2.05) is 24.0 Å². The van der Waals surface area contributed by atoms with Crippen molar-refractivity contribution in [1.29, 1.82) is 0 Å². The molecule has 5 heteroatoms. The number of carbonyl (C=O) groups excluding carboxylic acids is 1. The normalized spacial score (nSPS) is 23.6. The number of likely N-dealkylation sites (tertiary alicyclic amines) is 1. The number of rotatable bonds is 3. The van der Waals surface area contributed by atoms with Crippen LogP contribution in [0.15, 0.2) is 22.7 Å². The minimum atomic E-state index is -0.458. The lowest BCUT2D eigenvalue weighted by atomic mass is 10.1. The number of β-amino-alcohol motifs (C(OH)–C–C–N with tert-alkyl or cyclic N) is 1. The van der Waals surface area contributed by atoms with Crippen molar-refractivity contribution < 1.29 is 14.6 Å². The molecule has 4 nitrogen and oxygen atoms in total. The van der Waals surface area contributed by atoms with E-state index in [2.05, 4.69) is 22.0 Å². The quantitative estimate of drug-likeness (QED) is 0.861. The molecule has 1 aliphatic rings. The monoisotopic (exact) mass is 327 g/mol. The third-order valence-electron chi connectivity index (χ3n) is 3.53. The first-order valence-electron chi connectivity index (χ1n) is 6.26. The number of benzene rings is 1. The van der Waals surface area contributed by atoms with Crippen LogP contribution in [0.25, 0.3) is 0 Å². The van der Waals surface area contributed by atoms with Crippen molar-refractivity contribution in [2.75, 3.05) is 13.7 Å². The van der Waals surface area contributed by atoms with Crippen molar-refractivity contribution in [1.82, 2.24) is 4.90 Å². The first-order chi connectivity index (χ1) is 9.01. The number of hydrogen-bond donors (Lipinski definition) is 1. The topological polar surface area (TPSA) is 49.8 Å². The fourth-order valence-electron chi connectivity index (χ4n) is 2.49. The van der Waals surface area contributed by atoms with Gasteiger partial charge in [-0.2, -0.15) is 0 Å². The van der Waals surface area contributed by atoms with Crippen molar-refractivity contribution >= 4 is 21.9 Å². The Hall–Kier alpha value is -0.910. The second-order valence-electron chi connectivity index (χ2n) is 4.93. The fraction of sp³-hybridized carbons (Fsp3) is 0.500. The highest BCUT2D eigenvalue weighted by Crippen LogP contribution is 2.24. The summed E-state index contributed by atoms with van der Waals surface area (Å²) >= 11 is 3.44. The van der Waals surface area contributed by atoms with Crippen LogP contribution in [-0.4, -0.2) is 41.8 Å². The molecular formula is C14H18BrNO3. The van der Waals surface area contributed by atoms with E-state index in [4.69, 9.17) is 4.74 Å². The number of carbonyl (C=O) groups is 1. The zero-order valence-corrected chi connectivity index (χ0v) is 12.7. The van der Waals surface area contributed by atoms with Crippen LogP contribution < -0.4 is 0 Å². The van der Waals surface area contributed by atoms with E-state index in [1.165, 1.54) is 12.7 Å². The number of ether oxygens (including phenoxy) is 1. The largest absolute Gasteiger partial charge is 0.468 e. The SMILES string of the molecule is COC(=O)[C@@H]1C[C@@H](O)CN1Cc1ccc(Br)cc1C. The van der Waals surface area contributed by atoms with Crippen LogP contribution in [0.3, 0.4) is 0 Å². The zero-order valence-electron chi connectivity index (χ0n) is 11.1. The molecule has 0 aliphatic carbocycles. The molecule has 0 amide bonds. The van der Waals surface area contributed by atoms with Crippen LogP contribution in [0.5, 0.6) is 0 Å². The molecule has 0 radical (unpaired) electrons. The molecule has 0 unspecified atom stereocenters. The number of nitrogens with zero attached hydrogens (tertiary/aromatic N) is 1. The number of hydrogen-bond acceptors (Lipinski definition) is 4.